The van der Waals surface area contributed by atoms with Gasteiger partial charge in [0.25, 0.3) is 15.9 Å². The molecule has 8 heteroatoms. The van der Waals surface area contributed by atoms with Crippen molar-refractivity contribution in [1.82, 2.24) is 0 Å². The number of benzene rings is 3. The minimum absolute atomic E-state index is 0.0917. The second-order valence-corrected chi connectivity index (χ2v) is 8.36. The van der Waals surface area contributed by atoms with Crippen molar-refractivity contribution in [3.05, 3.63) is 78.9 Å². The van der Waals surface area contributed by atoms with Gasteiger partial charge in [-0.25, -0.2) is 8.42 Å². The number of carbonyl (C=O) groups is 1. The lowest BCUT2D eigenvalue weighted by atomic mass is 10.2. The average molecular weight is 441 g/mol. The maximum atomic E-state index is 12.6. The highest BCUT2D eigenvalue weighted by atomic mass is 32.2. The van der Waals surface area contributed by atoms with Crippen LogP contribution < -0.4 is 19.5 Å². The van der Waals surface area contributed by atoms with Crippen molar-refractivity contribution in [1.29, 1.82) is 0 Å². The van der Waals surface area contributed by atoms with Crippen molar-refractivity contribution in [3.63, 3.8) is 0 Å². The minimum atomic E-state index is -3.73. The van der Waals surface area contributed by atoms with E-state index in [0.717, 1.165) is 0 Å². The number of sulfonamides is 1. The molecular weight excluding hydrogens is 416 g/mol. The van der Waals surface area contributed by atoms with Crippen molar-refractivity contribution in [2.75, 3.05) is 17.1 Å². The quantitative estimate of drug-likeness (QED) is 0.518. The van der Waals surface area contributed by atoms with Crippen molar-refractivity contribution >= 4 is 27.3 Å². The Bertz CT molecular complexity index is 1120. The van der Waals surface area contributed by atoms with E-state index in [0.29, 0.717) is 29.3 Å². The van der Waals surface area contributed by atoms with Crippen LogP contribution in [0.1, 0.15) is 13.3 Å². The number of carbonyl (C=O) groups excluding carboxylic acids is 1. The standard InChI is InChI=1S/C23H24N2O5S/c1-3-22(30-20-11-7-10-19(16-20)29-2)23(26)24-17-12-14-21(15-13-17)31(27,28)25-18-8-5-4-6-9-18/h4-16,22,25H,3H2,1-2H3,(H,24,26)/t22-/m0/s1. The molecule has 3 aromatic rings. The molecule has 0 radical (unpaired) electrons. The predicted octanol–water partition coefficient (Wildman–Crippen LogP) is 4.29. The lowest BCUT2D eigenvalue weighted by molar-refractivity contribution is -0.122. The van der Waals surface area contributed by atoms with Crippen molar-refractivity contribution in [2.45, 2.75) is 24.3 Å². The van der Waals surface area contributed by atoms with Gasteiger partial charge in [-0.15, -0.1) is 0 Å². The minimum Gasteiger partial charge on any atom is -0.497 e. The first-order valence-electron chi connectivity index (χ1n) is 9.71. The summed E-state index contributed by atoms with van der Waals surface area (Å²) in [6.07, 6.45) is -0.258. The third kappa shape index (κ3) is 5.99. The average Bonchev–Trinajstić information content (AvgIpc) is 2.78. The first kappa shape index (κ1) is 22.2. The molecule has 0 spiro atoms. The molecule has 7 nitrogen and oxygen atoms in total. The Kier molecular flexibility index (Phi) is 7.15. The molecule has 0 aliphatic carbocycles. The summed E-state index contributed by atoms with van der Waals surface area (Å²) in [4.78, 5) is 12.7. The van der Waals surface area contributed by atoms with Gasteiger partial charge in [-0.1, -0.05) is 31.2 Å². The van der Waals surface area contributed by atoms with E-state index in [4.69, 9.17) is 9.47 Å². The molecule has 0 heterocycles. The number of methoxy groups -OCH3 is 1. The van der Waals surface area contributed by atoms with Crippen LogP contribution in [0.5, 0.6) is 11.5 Å². The van der Waals surface area contributed by atoms with Crippen molar-refractivity contribution in [2.24, 2.45) is 0 Å². The van der Waals surface area contributed by atoms with Gasteiger partial charge in [-0.05, 0) is 55.0 Å². The van der Waals surface area contributed by atoms with Crippen LogP contribution in [-0.4, -0.2) is 27.5 Å². The van der Waals surface area contributed by atoms with Gasteiger partial charge in [0.15, 0.2) is 6.10 Å². The molecule has 31 heavy (non-hydrogen) atoms. The molecule has 2 N–H and O–H groups in total. The van der Waals surface area contributed by atoms with E-state index in [9.17, 15) is 13.2 Å². The number of rotatable bonds is 9. The molecule has 1 atom stereocenters. The van der Waals surface area contributed by atoms with Crippen molar-refractivity contribution < 1.29 is 22.7 Å². The fourth-order valence-electron chi connectivity index (χ4n) is 2.82. The van der Waals surface area contributed by atoms with E-state index in [2.05, 4.69) is 10.0 Å². The third-order valence-electron chi connectivity index (χ3n) is 4.44. The molecule has 1 amide bonds. The third-order valence-corrected chi connectivity index (χ3v) is 5.84. The Labute approximate surface area is 182 Å². The molecule has 0 aliphatic rings. The Morgan fingerprint density at radius 2 is 1.58 bits per heavy atom. The normalized spacial score (nSPS) is 11.9. The highest BCUT2D eigenvalue weighted by Gasteiger charge is 2.20. The summed E-state index contributed by atoms with van der Waals surface area (Å²) in [5.41, 5.74) is 0.941. The molecule has 0 saturated heterocycles. The summed E-state index contributed by atoms with van der Waals surface area (Å²) >= 11 is 0. The number of anilines is 2. The first-order valence-corrected chi connectivity index (χ1v) is 11.2. The van der Waals surface area contributed by atoms with E-state index >= 15 is 0 Å². The lowest BCUT2D eigenvalue weighted by Crippen LogP contribution is -2.32. The number of hydrogen-bond donors (Lipinski definition) is 2. The highest BCUT2D eigenvalue weighted by Crippen LogP contribution is 2.22. The largest absolute Gasteiger partial charge is 0.497 e. The molecule has 3 aromatic carbocycles. The number of hydrogen-bond acceptors (Lipinski definition) is 5. The summed E-state index contributed by atoms with van der Waals surface area (Å²) in [6.45, 7) is 1.84. The van der Waals surface area contributed by atoms with Crippen LogP contribution in [0.3, 0.4) is 0 Å². The van der Waals surface area contributed by atoms with E-state index in [1.807, 2.05) is 6.92 Å². The van der Waals surface area contributed by atoms with Gasteiger partial charge < -0.3 is 14.8 Å². The zero-order valence-electron chi connectivity index (χ0n) is 17.2. The van der Waals surface area contributed by atoms with E-state index in [-0.39, 0.29) is 10.8 Å². The van der Waals surface area contributed by atoms with Crippen LogP contribution in [0.25, 0.3) is 0 Å². The second-order valence-electron chi connectivity index (χ2n) is 6.68. The first-order chi connectivity index (χ1) is 14.9. The van der Waals surface area contributed by atoms with Gasteiger partial charge in [-0.3, -0.25) is 9.52 Å². The van der Waals surface area contributed by atoms with E-state index in [1.54, 1.807) is 61.7 Å². The van der Waals surface area contributed by atoms with Crippen LogP contribution in [0.2, 0.25) is 0 Å². The van der Waals surface area contributed by atoms with Crippen LogP contribution >= 0.6 is 0 Å². The summed E-state index contributed by atoms with van der Waals surface area (Å²) < 4.78 is 38.5. The lowest BCUT2D eigenvalue weighted by Gasteiger charge is -2.18. The summed E-state index contributed by atoms with van der Waals surface area (Å²) in [5.74, 6) is 0.826. The number of para-hydroxylation sites is 1. The zero-order chi connectivity index (χ0) is 22.3. The summed E-state index contributed by atoms with van der Waals surface area (Å²) in [5, 5.41) is 2.76. The van der Waals surface area contributed by atoms with Gasteiger partial charge >= 0.3 is 0 Å². The maximum Gasteiger partial charge on any atom is 0.265 e. The van der Waals surface area contributed by atoms with Crippen LogP contribution in [0, 0.1) is 0 Å². The molecule has 0 fully saturated rings. The predicted molar refractivity (Wildman–Crippen MR) is 120 cm³/mol. The maximum absolute atomic E-state index is 12.6. The smallest absolute Gasteiger partial charge is 0.265 e. The number of nitrogens with one attached hydrogen (secondary N) is 2. The second kappa shape index (κ2) is 9.99. The van der Waals surface area contributed by atoms with Gasteiger partial charge in [0, 0.05) is 17.4 Å². The van der Waals surface area contributed by atoms with Gasteiger partial charge in [0.05, 0.1) is 12.0 Å². The Morgan fingerprint density at radius 1 is 0.903 bits per heavy atom. The topological polar surface area (TPSA) is 93.7 Å². The monoisotopic (exact) mass is 440 g/mol. The van der Waals surface area contributed by atoms with Crippen molar-refractivity contribution in [3.8, 4) is 11.5 Å². The fraction of sp³-hybridized carbons (Fsp3) is 0.174. The van der Waals surface area contributed by atoms with Gasteiger partial charge in [0.1, 0.15) is 11.5 Å². The fourth-order valence-corrected chi connectivity index (χ4v) is 3.88. The van der Waals surface area contributed by atoms with Crippen LogP contribution in [0.4, 0.5) is 11.4 Å². The van der Waals surface area contributed by atoms with E-state index in [1.165, 1.54) is 24.3 Å². The summed E-state index contributed by atoms with van der Waals surface area (Å²) in [7, 11) is -2.17. The molecule has 0 aromatic heterocycles. The molecule has 0 unspecified atom stereocenters. The molecule has 0 bridgehead atoms. The van der Waals surface area contributed by atoms with Gasteiger partial charge in [0.2, 0.25) is 0 Å². The summed E-state index contributed by atoms with van der Waals surface area (Å²) in [6, 6.07) is 21.6. The van der Waals surface area contributed by atoms with Gasteiger partial charge in [-0.2, -0.15) is 0 Å². The molecule has 0 aliphatic heterocycles. The Hall–Kier alpha value is -3.52. The molecular formula is C23H24N2O5S. The molecule has 3 rings (SSSR count). The molecule has 0 saturated carbocycles. The van der Waals surface area contributed by atoms with Crippen LogP contribution in [-0.2, 0) is 14.8 Å². The number of ether oxygens (including phenoxy) is 2. The Morgan fingerprint density at radius 3 is 2.23 bits per heavy atom. The Balaban J connectivity index is 1.65. The molecule has 162 valence electrons. The highest BCUT2D eigenvalue weighted by molar-refractivity contribution is 7.92. The SMILES string of the molecule is CC[C@H](Oc1cccc(OC)c1)C(=O)Nc1ccc(S(=O)(=O)Nc2ccccc2)cc1. The number of amides is 1. The zero-order valence-corrected chi connectivity index (χ0v) is 18.1. The van der Waals surface area contributed by atoms with Crippen LogP contribution in [0.15, 0.2) is 83.8 Å². The van der Waals surface area contributed by atoms with E-state index < -0.39 is 16.1 Å².